The van der Waals surface area contributed by atoms with Crippen LogP contribution in [0, 0.1) is 5.82 Å². The van der Waals surface area contributed by atoms with Gasteiger partial charge in [0.05, 0.1) is 17.3 Å². The molecule has 2 aromatic rings. The largest absolute Gasteiger partial charge is 0.478 e. The highest BCUT2D eigenvalue weighted by atomic mass is 19.1. The first-order valence-electron chi connectivity index (χ1n) is 6.72. The molecule has 0 aromatic heterocycles. The Morgan fingerprint density at radius 2 is 2.10 bits per heavy atom. The molecule has 108 valence electrons. The van der Waals surface area contributed by atoms with Gasteiger partial charge in [-0.1, -0.05) is 6.07 Å². The van der Waals surface area contributed by atoms with Crippen molar-refractivity contribution in [3.63, 3.8) is 0 Å². The number of hydrogen-bond acceptors (Lipinski definition) is 3. The van der Waals surface area contributed by atoms with Crippen molar-refractivity contribution in [3.05, 3.63) is 58.9 Å². The van der Waals surface area contributed by atoms with Gasteiger partial charge in [-0.3, -0.25) is 0 Å². The number of benzene rings is 2. The fourth-order valence-corrected chi connectivity index (χ4v) is 2.74. The predicted octanol–water partition coefficient (Wildman–Crippen LogP) is 3.21. The molecule has 0 saturated heterocycles. The van der Waals surface area contributed by atoms with Crippen molar-refractivity contribution in [1.29, 1.82) is 0 Å². The van der Waals surface area contributed by atoms with E-state index >= 15 is 0 Å². The molecule has 5 heteroatoms. The van der Waals surface area contributed by atoms with Crippen molar-refractivity contribution in [2.45, 2.75) is 18.9 Å². The van der Waals surface area contributed by atoms with E-state index in [0.29, 0.717) is 5.69 Å². The summed E-state index contributed by atoms with van der Waals surface area (Å²) >= 11 is 0. The number of aromatic carboxylic acids is 1. The van der Waals surface area contributed by atoms with Crippen LogP contribution in [-0.2, 0) is 6.42 Å². The molecule has 0 amide bonds. The normalized spacial score (nSPS) is 16.5. The van der Waals surface area contributed by atoms with Crippen LogP contribution >= 0.6 is 0 Å². The molecule has 0 spiro atoms. The Kier molecular flexibility index (Phi) is 3.25. The van der Waals surface area contributed by atoms with Crippen LogP contribution in [0.2, 0.25) is 0 Å². The summed E-state index contributed by atoms with van der Waals surface area (Å²) in [4.78, 5) is 11.0. The topological polar surface area (TPSA) is 75.3 Å². The molecule has 0 radical (unpaired) electrons. The summed E-state index contributed by atoms with van der Waals surface area (Å²) in [7, 11) is 0. The smallest absolute Gasteiger partial charge is 0.335 e. The van der Waals surface area contributed by atoms with Gasteiger partial charge in [0, 0.05) is 5.69 Å². The molecule has 4 N–H and O–H groups in total. The first kappa shape index (κ1) is 13.4. The Bertz CT molecular complexity index is 715. The molecular formula is C16H15FN2O2. The monoisotopic (exact) mass is 286 g/mol. The van der Waals surface area contributed by atoms with E-state index in [9.17, 15) is 9.18 Å². The number of hydrogen-bond donors (Lipinski definition) is 3. The second kappa shape index (κ2) is 5.09. The van der Waals surface area contributed by atoms with Gasteiger partial charge in [-0.2, -0.15) is 0 Å². The van der Waals surface area contributed by atoms with Crippen LogP contribution in [0.5, 0.6) is 0 Å². The van der Waals surface area contributed by atoms with Crippen molar-refractivity contribution < 1.29 is 14.3 Å². The first-order valence-corrected chi connectivity index (χ1v) is 6.72. The van der Waals surface area contributed by atoms with E-state index in [2.05, 4.69) is 5.32 Å². The number of carbonyl (C=O) groups is 1. The van der Waals surface area contributed by atoms with E-state index in [0.717, 1.165) is 24.0 Å². The molecule has 0 bridgehead atoms. The summed E-state index contributed by atoms with van der Waals surface area (Å²) in [6.07, 6.45) is 1.70. The lowest BCUT2D eigenvalue weighted by molar-refractivity contribution is 0.0697. The number of nitrogens with two attached hydrogens (primary N) is 1. The molecule has 2 aromatic carbocycles. The highest BCUT2D eigenvalue weighted by Gasteiger charge is 2.23. The van der Waals surface area contributed by atoms with Gasteiger partial charge < -0.3 is 16.2 Å². The van der Waals surface area contributed by atoms with Crippen LogP contribution < -0.4 is 11.1 Å². The van der Waals surface area contributed by atoms with Gasteiger partial charge in [-0.15, -0.1) is 0 Å². The summed E-state index contributed by atoms with van der Waals surface area (Å²) in [6.45, 7) is 0. The molecule has 21 heavy (non-hydrogen) atoms. The number of rotatable bonds is 3. The maximum atomic E-state index is 13.9. The van der Waals surface area contributed by atoms with E-state index in [-0.39, 0.29) is 17.3 Å². The Morgan fingerprint density at radius 3 is 2.86 bits per heavy atom. The Morgan fingerprint density at radius 1 is 1.29 bits per heavy atom. The first-order chi connectivity index (χ1) is 10.0. The van der Waals surface area contributed by atoms with E-state index < -0.39 is 11.8 Å². The van der Waals surface area contributed by atoms with E-state index in [1.165, 1.54) is 18.2 Å². The van der Waals surface area contributed by atoms with Crippen LogP contribution in [0.1, 0.15) is 33.9 Å². The number of carboxylic acids is 1. The van der Waals surface area contributed by atoms with E-state index in [1.807, 2.05) is 18.2 Å². The van der Waals surface area contributed by atoms with Crippen LogP contribution in [0.15, 0.2) is 36.4 Å². The van der Waals surface area contributed by atoms with Crippen LogP contribution in [0.25, 0.3) is 0 Å². The molecule has 3 rings (SSSR count). The van der Waals surface area contributed by atoms with E-state index in [4.69, 9.17) is 10.8 Å². The van der Waals surface area contributed by atoms with Gasteiger partial charge in [0.15, 0.2) is 0 Å². The summed E-state index contributed by atoms with van der Waals surface area (Å²) in [6, 6.07) is 9.42. The number of nitrogen functional groups attached to an aromatic ring is 1. The third-order valence-corrected chi connectivity index (χ3v) is 3.79. The third-order valence-electron chi connectivity index (χ3n) is 3.79. The number of nitrogens with one attached hydrogen (secondary N) is 1. The van der Waals surface area contributed by atoms with Crippen LogP contribution in [0.4, 0.5) is 15.8 Å². The second-order valence-corrected chi connectivity index (χ2v) is 5.19. The fourth-order valence-electron chi connectivity index (χ4n) is 2.74. The summed E-state index contributed by atoms with van der Waals surface area (Å²) in [5.41, 5.74) is 9.00. The van der Waals surface area contributed by atoms with Crippen LogP contribution in [-0.4, -0.2) is 11.1 Å². The number of fused-ring (bicyclic) bond motifs is 1. The minimum Gasteiger partial charge on any atom is -0.478 e. The van der Waals surface area contributed by atoms with Gasteiger partial charge in [-0.05, 0) is 54.3 Å². The summed E-state index contributed by atoms with van der Waals surface area (Å²) in [5.74, 6) is -1.53. The Labute approximate surface area is 121 Å². The van der Waals surface area contributed by atoms with Crippen LogP contribution in [0.3, 0.4) is 0 Å². The third kappa shape index (κ3) is 2.54. The van der Waals surface area contributed by atoms with Crippen molar-refractivity contribution in [1.82, 2.24) is 0 Å². The van der Waals surface area contributed by atoms with Crippen molar-refractivity contribution in [3.8, 4) is 0 Å². The quantitative estimate of drug-likeness (QED) is 0.757. The van der Waals surface area contributed by atoms with Gasteiger partial charge in [0.2, 0.25) is 0 Å². The Balaban J connectivity index is 1.89. The number of aryl methyl sites for hydroxylation is 1. The summed E-state index contributed by atoms with van der Waals surface area (Å²) in [5, 5.41) is 12.1. The van der Waals surface area contributed by atoms with Gasteiger partial charge in [0.1, 0.15) is 5.82 Å². The SMILES string of the molecule is Nc1ccc2c(c1)CCC2Nc1cc(C(=O)O)ccc1F. The molecule has 0 saturated carbocycles. The lowest BCUT2D eigenvalue weighted by atomic mass is 10.1. The minimum atomic E-state index is -1.07. The maximum Gasteiger partial charge on any atom is 0.335 e. The van der Waals surface area contributed by atoms with Crippen molar-refractivity contribution >= 4 is 17.3 Å². The predicted molar refractivity (Wildman–Crippen MR) is 78.9 cm³/mol. The molecule has 1 aliphatic rings. The molecule has 0 fully saturated rings. The molecule has 1 atom stereocenters. The highest BCUT2D eigenvalue weighted by molar-refractivity contribution is 5.88. The zero-order chi connectivity index (χ0) is 15.0. The fraction of sp³-hybridized carbons (Fsp3) is 0.188. The zero-order valence-electron chi connectivity index (χ0n) is 11.3. The number of halogens is 1. The number of anilines is 2. The van der Waals surface area contributed by atoms with Gasteiger partial charge in [0.25, 0.3) is 0 Å². The average Bonchev–Trinajstić information content (AvgIpc) is 2.83. The van der Waals surface area contributed by atoms with Crippen molar-refractivity contribution in [2.75, 3.05) is 11.1 Å². The molecular weight excluding hydrogens is 271 g/mol. The molecule has 0 heterocycles. The zero-order valence-corrected chi connectivity index (χ0v) is 11.3. The molecule has 0 aliphatic heterocycles. The van der Waals surface area contributed by atoms with E-state index in [1.54, 1.807) is 0 Å². The lowest BCUT2D eigenvalue weighted by Crippen LogP contribution is -2.09. The lowest BCUT2D eigenvalue weighted by Gasteiger charge is -2.16. The molecule has 1 unspecified atom stereocenters. The standard InChI is InChI=1S/C16H15FN2O2/c17-13-5-1-10(16(20)21)8-15(13)19-14-6-2-9-7-11(18)3-4-12(9)14/h1,3-5,7-8,14,19H,2,6,18H2,(H,20,21). The van der Waals surface area contributed by atoms with Gasteiger partial charge in [-0.25, -0.2) is 9.18 Å². The minimum absolute atomic E-state index is 0.0286. The maximum absolute atomic E-state index is 13.9. The molecule has 1 aliphatic carbocycles. The highest BCUT2D eigenvalue weighted by Crippen LogP contribution is 2.35. The molecule has 4 nitrogen and oxygen atoms in total. The number of carboxylic acid groups (broad SMARTS) is 1. The Hall–Kier alpha value is -2.56. The van der Waals surface area contributed by atoms with Crippen molar-refractivity contribution in [2.24, 2.45) is 0 Å². The average molecular weight is 286 g/mol. The van der Waals surface area contributed by atoms with Gasteiger partial charge >= 0.3 is 5.97 Å². The summed E-state index contributed by atoms with van der Waals surface area (Å²) < 4.78 is 13.9. The second-order valence-electron chi connectivity index (χ2n) is 5.19.